The monoisotopic (exact) mass is 274 g/mol. The van der Waals surface area contributed by atoms with Gasteiger partial charge in [0.15, 0.2) is 21.3 Å². The topological polar surface area (TPSA) is 82.1 Å². The Morgan fingerprint density at radius 1 is 1.33 bits per heavy atom. The van der Waals surface area contributed by atoms with Crippen LogP contribution >= 0.6 is 0 Å². The molecule has 0 radical (unpaired) electrons. The molecule has 0 spiro atoms. The Labute approximate surface area is 105 Å². The lowest BCUT2D eigenvalue weighted by molar-refractivity contribution is 0.173. The van der Waals surface area contributed by atoms with Crippen LogP contribution in [0.3, 0.4) is 0 Å². The number of rotatable bonds is 5. The Balaban J connectivity index is 2.12. The zero-order valence-corrected chi connectivity index (χ0v) is 10.7. The van der Waals surface area contributed by atoms with Gasteiger partial charge in [0.05, 0.1) is 12.4 Å². The number of benzene rings is 1. The summed E-state index contributed by atoms with van der Waals surface area (Å²) in [4.78, 5) is 0. The number of sulfone groups is 1. The van der Waals surface area contributed by atoms with Gasteiger partial charge >= 0.3 is 0 Å². The van der Waals surface area contributed by atoms with Crippen molar-refractivity contribution in [2.45, 2.75) is 6.61 Å². The van der Waals surface area contributed by atoms with Crippen molar-refractivity contribution in [2.24, 2.45) is 0 Å². The fraction of sp³-hybridized carbons (Fsp3) is 0.455. The van der Waals surface area contributed by atoms with Crippen LogP contribution in [0.1, 0.15) is 5.56 Å². The highest BCUT2D eigenvalue weighted by Crippen LogP contribution is 2.38. The third-order valence-electron chi connectivity index (χ3n) is 2.44. The molecule has 1 aromatic rings. The number of hydrogen-bond acceptors (Lipinski definition) is 6. The maximum absolute atomic E-state index is 11.0. The van der Waals surface area contributed by atoms with Crippen LogP contribution in [-0.2, 0) is 16.4 Å². The second-order valence-corrected chi connectivity index (χ2v) is 6.21. The molecule has 18 heavy (non-hydrogen) atoms. The van der Waals surface area contributed by atoms with Gasteiger partial charge in [-0.2, -0.15) is 0 Å². The number of aliphatic hydroxyl groups excluding tert-OH is 1. The van der Waals surface area contributed by atoms with Crippen LogP contribution < -0.4 is 14.2 Å². The maximum Gasteiger partial charge on any atom is 0.231 e. The van der Waals surface area contributed by atoms with Gasteiger partial charge < -0.3 is 19.3 Å². The van der Waals surface area contributed by atoms with Gasteiger partial charge in [-0.05, 0) is 6.07 Å². The van der Waals surface area contributed by atoms with Gasteiger partial charge in [0.1, 0.15) is 12.4 Å². The zero-order valence-electron chi connectivity index (χ0n) is 9.88. The van der Waals surface area contributed by atoms with E-state index in [1.54, 1.807) is 12.1 Å². The van der Waals surface area contributed by atoms with Gasteiger partial charge in [0.25, 0.3) is 0 Å². The van der Waals surface area contributed by atoms with Gasteiger partial charge in [-0.3, -0.25) is 0 Å². The largest absolute Gasteiger partial charge is 0.492 e. The first-order valence-electron chi connectivity index (χ1n) is 5.33. The van der Waals surface area contributed by atoms with E-state index in [1.165, 1.54) is 0 Å². The first-order chi connectivity index (χ1) is 8.49. The third kappa shape index (κ3) is 3.05. The van der Waals surface area contributed by atoms with Crippen LogP contribution in [0.2, 0.25) is 0 Å². The van der Waals surface area contributed by atoms with E-state index in [4.69, 9.17) is 14.2 Å². The average Bonchev–Trinajstić information content (AvgIpc) is 2.73. The standard InChI is InChI=1S/C11H14O6S/c1-18(13,14)3-2-15-9-5-11-10(16-7-17-11)4-8(9)6-12/h4-5,12H,2-3,6-7H2,1H3. The molecule has 0 saturated carbocycles. The molecule has 0 fully saturated rings. The molecule has 1 heterocycles. The summed E-state index contributed by atoms with van der Waals surface area (Å²) in [7, 11) is -3.07. The van der Waals surface area contributed by atoms with Crippen molar-refractivity contribution < 1.29 is 27.7 Å². The third-order valence-corrected chi connectivity index (χ3v) is 3.35. The first kappa shape index (κ1) is 13.0. The Morgan fingerprint density at radius 3 is 2.61 bits per heavy atom. The highest BCUT2D eigenvalue weighted by molar-refractivity contribution is 7.90. The fourth-order valence-electron chi connectivity index (χ4n) is 1.53. The van der Waals surface area contributed by atoms with E-state index in [9.17, 15) is 13.5 Å². The summed E-state index contributed by atoms with van der Waals surface area (Å²) >= 11 is 0. The summed E-state index contributed by atoms with van der Waals surface area (Å²) in [5.74, 6) is 1.41. The Hall–Kier alpha value is -1.47. The quantitative estimate of drug-likeness (QED) is 0.833. The number of aliphatic hydroxyl groups is 1. The lowest BCUT2D eigenvalue weighted by Crippen LogP contribution is -2.12. The molecule has 0 amide bonds. The lowest BCUT2D eigenvalue weighted by atomic mass is 10.2. The summed E-state index contributed by atoms with van der Waals surface area (Å²) in [6, 6.07) is 3.22. The molecule has 100 valence electrons. The minimum Gasteiger partial charge on any atom is -0.492 e. The lowest BCUT2D eigenvalue weighted by Gasteiger charge is -2.10. The second kappa shape index (κ2) is 5.03. The molecule has 2 rings (SSSR count). The van der Waals surface area contributed by atoms with Crippen molar-refractivity contribution in [1.82, 2.24) is 0 Å². The molecular weight excluding hydrogens is 260 g/mol. The summed E-state index contributed by atoms with van der Waals surface area (Å²) < 4.78 is 37.7. The van der Waals surface area contributed by atoms with Crippen LogP contribution in [-0.4, -0.2) is 38.9 Å². The van der Waals surface area contributed by atoms with Crippen LogP contribution in [0.4, 0.5) is 0 Å². The molecule has 1 aliphatic rings. The van der Waals surface area contributed by atoms with Crippen molar-refractivity contribution in [2.75, 3.05) is 25.4 Å². The van der Waals surface area contributed by atoms with Gasteiger partial charge in [-0.15, -0.1) is 0 Å². The number of hydrogen-bond donors (Lipinski definition) is 1. The zero-order chi connectivity index (χ0) is 13.2. The fourth-order valence-corrected chi connectivity index (χ4v) is 1.91. The minimum atomic E-state index is -3.07. The Kier molecular flexibility index (Phi) is 3.63. The summed E-state index contributed by atoms with van der Waals surface area (Å²) in [5.41, 5.74) is 0.535. The van der Waals surface area contributed by atoms with Crippen LogP contribution in [0.5, 0.6) is 17.2 Å². The van der Waals surface area contributed by atoms with Crippen molar-refractivity contribution in [1.29, 1.82) is 0 Å². The maximum atomic E-state index is 11.0. The molecule has 0 aromatic heterocycles. The van der Waals surface area contributed by atoms with Crippen molar-refractivity contribution >= 4 is 9.84 Å². The van der Waals surface area contributed by atoms with Crippen molar-refractivity contribution in [3.63, 3.8) is 0 Å². The smallest absolute Gasteiger partial charge is 0.231 e. The molecule has 1 aromatic carbocycles. The second-order valence-electron chi connectivity index (χ2n) is 3.95. The van der Waals surface area contributed by atoms with Crippen LogP contribution in [0.25, 0.3) is 0 Å². The van der Waals surface area contributed by atoms with E-state index in [0.29, 0.717) is 22.8 Å². The van der Waals surface area contributed by atoms with E-state index < -0.39 is 9.84 Å². The highest BCUT2D eigenvalue weighted by Gasteiger charge is 2.18. The van der Waals surface area contributed by atoms with Crippen LogP contribution in [0.15, 0.2) is 12.1 Å². The first-order valence-corrected chi connectivity index (χ1v) is 7.39. The normalized spacial score (nSPS) is 13.7. The molecule has 1 N–H and O–H groups in total. The Bertz CT molecular complexity index is 537. The summed E-state index contributed by atoms with van der Waals surface area (Å²) in [5, 5.41) is 9.21. The SMILES string of the molecule is CS(=O)(=O)CCOc1cc2c(cc1CO)OCO2. The van der Waals surface area contributed by atoms with Gasteiger partial charge in [-0.1, -0.05) is 0 Å². The minimum absolute atomic E-state index is 0.0332. The Morgan fingerprint density at radius 2 is 2.00 bits per heavy atom. The average molecular weight is 274 g/mol. The molecule has 0 aliphatic carbocycles. The van der Waals surface area contributed by atoms with Gasteiger partial charge in [0, 0.05) is 17.9 Å². The molecule has 1 aliphatic heterocycles. The summed E-state index contributed by atoms with van der Waals surface area (Å²) in [6.45, 7) is -0.0523. The van der Waals surface area contributed by atoms with E-state index in [-0.39, 0.29) is 25.8 Å². The highest BCUT2D eigenvalue weighted by atomic mass is 32.2. The molecule has 0 saturated heterocycles. The van der Waals surface area contributed by atoms with E-state index in [2.05, 4.69) is 0 Å². The predicted molar refractivity (Wildman–Crippen MR) is 63.7 cm³/mol. The molecule has 0 bridgehead atoms. The van der Waals surface area contributed by atoms with Gasteiger partial charge in [-0.25, -0.2) is 8.42 Å². The van der Waals surface area contributed by atoms with Gasteiger partial charge in [0.2, 0.25) is 6.79 Å². The van der Waals surface area contributed by atoms with E-state index in [0.717, 1.165) is 6.26 Å². The van der Waals surface area contributed by atoms with Crippen molar-refractivity contribution in [3.8, 4) is 17.2 Å². The van der Waals surface area contributed by atoms with Crippen LogP contribution in [0, 0.1) is 0 Å². The predicted octanol–water partition coefficient (Wildman–Crippen LogP) is 0.331. The van der Waals surface area contributed by atoms with Crippen molar-refractivity contribution in [3.05, 3.63) is 17.7 Å². The molecule has 0 atom stereocenters. The number of fused-ring (bicyclic) bond motifs is 1. The molecule has 0 unspecified atom stereocenters. The summed E-state index contributed by atoms with van der Waals surface area (Å²) in [6.07, 6.45) is 1.14. The molecule has 7 heteroatoms. The van der Waals surface area contributed by atoms with E-state index >= 15 is 0 Å². The number of ether oxygens (including phenoxy) is 3. The molecular formula is C11H14O6S. The molecule has 6 nitrogen and oxygen atoms in total. The van der Waals surface area contributed by atoms with E-state index in [1.807, 2.05) is 0 Å².